The molecule has 20 heavy (non-hydrogen) atoms. The van der Waals surface area contributed by atoms with Crippen LogP contribution in [0, 0.1) is 0 Å². The van der Waals surface area contributed by atoms with Gasteiger partial charge in [0.2, 0.25) is 0 Å². The van der Waals surface area contributed by atoms with E-state index in [-0.39, 0.29) is 13.0 Å². The predicted octanol–water partition coefficient (Wildman–Crippen LogP) is 3.22. The average molecular weight is 276 g/mol. The molecule has 0 aliphatic rings. The molecule has 0 radical (unpaired) electrons. The first-order chi connectivity index (χ1) is 9.56. The molecule has 0 aliphatic carbocycles. The molecule has 0 aliphatic heterocycles. The second-order valence-corrected chi connectivity index (χ2v) is 4.47. The van der Waals surface area contributed by atoms with E-state index in [1.165, 1.54) is 5.56 Å². The van der Waals surface area contributed by atoms with Crippen molar-refractivity contribution in [2.45, 2.75) is 32.6 Å². The van der Waals surface area contributed by atoms with Crippen LogP contribution < -0.4 is 4.74 Å². The summed E-state index contributed by atoms with van der Waals surface area (Å²) in [5.41, 5.74) is 1.22. The topological polar surface area (TPSA) is 52.6 Å². The molecule has 1 rings (SSSR count). The Morgan fingerprint density at radius 2 is 1.95 bits per heavy atom. The zero-order valence-electron chi connectivity index (χ0n) is 11.9. The molecule has 0 saturated carbocycles. The molecule has 1 aromatic carbocycles. The summed E-state index contributed by atoms with van der Waals surface area (Å²) in [7, 11) is 0. The van der Waals surface area contributed by atoms with Crippen molar-refractivity contribution in [3.8, 4) is 5.75 Å². The fourth-order valence-corrected chi connectivity index (χ4v) is 1.58. The van der Waals surface area contributed by atoms with Crippen molar-refractivity contribution < 1.29 is 19.1 Å². The van der Waals surface area contributed by atoms with Crippen LogP contribution >= 0.6 is 0 Å². The lowest BCUT2D eigenvalue weighted by Crippen LogP contribution is -2.13. The molecule has 1 unspecified atom stereocenters. The van der Waals surface area contributed by atoms with Gasteiger partial charge in [0.15, 0.2) is 0 Å². The largest absolute Gasteiger partial charge is 0.462 e. The van der Waals surface area contributed by atoms with Gasteiger partial charge in [-0.1, -0.05) is 32.6 Å². The Morgan fingerprint density at radius 1 is 1.30 bits per heavy atom. The third-order valence-electron chi connectivity index (χ3n) is 3.01. The lowest BCUT2D eigenvalue weighted by atomic mass is 9.99. The van der Waals surface area contributed by atoms with Crippen molar-refractivity contribution in [1.29, 1.82) is 0 Å². The summed E-state index contributed by atoms with van der Waals surface area (Å²) in [6.07, 6.45) is 2.14. The smallest absolute Gasteiger partial charge is 0.330 e. The van der Waals surface area contributed by atoms with Crippen molar-refractivity contribution in [2.75, 3.05) is 6.61 Å². The molecule has 0 fully saturated rings. The van der Waals surface area contributed by atoms with E-state index in [4.69, 9.17) is 9.47 Å². The number of carbonyl (C=O) groups excluding carboxylic acids is 2. The fraction of sp³-hybridized carbons (Fsp3) is 0.375. The van der Waals surface area contributed by atoms with Gasteiger partial charge in [-0.3, -0.25) is 4.79 Å². The lowest BCUT2D eigenvalue weighted by Gasteiger charge is -2.10. The van der Waals surface area contributed by atoms with E-state index >= 15 is 0 Å². The Kier molecular flexibility index (Phi) is 6.50. The summed E-state index contributed by atoms with van der Waals surface area (Å²) in [6, 6.07) is 7.45. The first-order valence-electron chi connectivity index (χ1n) is 6.66. The first-order valence-corrected chi connectivity index (χ1v) is 6.66. The molecule has 0 heterocycles. The molecule has 108 valence electrons. The third kappa shape index (κ3) is 5.26. The molecule has 0 N–H and O–H groups in total. The van der Waals surface area contributed by atoms with E-state index in [1.54, 1.807) is 12.1 Å². The van der Waals surface area contributed by atoms with Crippen LogP contribution in [0.5, 0.6) is 5.75 Å². The van der Waals surface area contributed by atoms with Crippen molar-refractivity contribution in [2.24, 2.45) is 0 Å². The number of hydrogen-bond donors (Lipinski definition) is 0. The maximum atomic E-state index is 11.5. The normalized spacial score (nSPS) is 11.5. The summed E-state index contributed by atoms with van der Waals surface area (Å²) in [5.74, 6) is 0.00373. The highest BCUT2D eigenvalue weighted by Crippen LogP contribution is 2.21. The molecule has 4 nitrogen and oxygen atoms in total. The van der Waals surface area contributed by atoms with Gasteiger partial charge in [0.1, 0.15) is 12.4 Å². The van der Waals surface area contributed by atoms with Crippen LogP contribution in [0.1, 0.15) is 38.2 Å². The van der Waals surface area contributed by atoms with Gasteiger partial charge >= 0.3 is 11.9 Å². The molecular formula is C16H20O4. The molecule has 4 heteroatoms. The number of carbonyl (C=O) groups is 2. The number of hydrogen-bond acceptors (Lipinski definition) is 4. The maximum absolute atomic E-state index is 11.5. The highest BCUT2D eigenvalue weighted by Gasteiger charge is 2.07. The Balaban J connectivity index is 2.42. The monoisotopic (exact) mass is 276 g/mol. The lowest BCUT2D eigenvalue weighted by molar-refractivity contribution is -0.141. The summed E-state index contributed by atoms with van der Waals surface area (Å²) in [5, 5.41) is 0. The zero-order chi connectivity index (χ0) is 15.0. The van der Waals surface area contributed by atoms with Crippen LogP contribution in [-0.2, 0) is 14.3 Å². The molecule has 0 bridgehead atoms. The zero-order valence-corrected chi connectivity index (χ0v) is 11.9. The van der Waals surface area contributed by atoms with Crippen LogP contribution in [0.2, 0.25) is 0 Å². The average Bonchev–Trinajstić information content (AvgIpc) is 2.47. The van der Waals surface area contributed by atoms with Crippen LogP contribution in [0.3, 0.4) is 0 Å². The second-order valence-electron chi connectivity index (χ2n) is 4.47. The van der Waals surface area contributed by atoms with Crippen LogP contribution in [0.15, 0.2) is 36.9 Å². The van der Waals surface area contributed by atoms with Crippen molar-refractivity contribution >= 4 is 11.9 Å². The third-order valence-corrected chi connectivity index (χ3v) is 3.01. The van der Waals surface area contributed by atoms with Gasteiger partial charge < -0.3 is 9.47 Å². The minimum absolute atomic E-state index is 0.00532. The van der Waals surface area contributed by atoms with Gasteiger partial charge in [-0.15, -0.1) is 0 Å². The van der Waals surface area contributed by atoms with Crippen LogP contribution in [0.4, 0.5) is 0 Å². The molecule has 1 atom stereocenters. The molecule has 0 saturated heterocycles. The molecule has 1 aromatic rings. The summed E-state index contributed by atoms with van der Waals surface area (Å²) in [4.78, 5) is 22.3. The van der Waals surface area contributed by atoms with E-state index in [9.17, 15) is 9.59 Å². The quantitative estimate of drug-likeness (QED) is 0.436. The van der Waals surface area contributed by atoms with Crippen molar-refractivity contribution in [3.05, 3.63) is 42.5 Å². The van der Waals surface area contributed by atoms with E-state index in [1.807, 2.05) is 12.1 Å². The summed E-state index contributed by atoms with van der Waals surface area (Å²) >= 11 is 0. The van der Waals surface area contributed by atoms with Crippen molar-refractivity contribution in [1.82, 2.24) is 0 Å². The Morgan fingerprint density at radius 3 is 2.50 bits per heavy atom. The number of benzene rings is 1. The number of rotatable bonds is 7. The van der Waals surface area contributed by atoms with E-state index < -0.39 is 11.9 Å². The minimum Gasteiger partial charge on any atom is -0.462 e. The Labute approximate surface area is 119 Å². The highest BCUT2D eigenvalue weighted by molar-refractivity contribution is 5.81. The fourth-order valence-electron chi connectivity index (χ4n) is 1.58. The molecular weight excluding hydrogens is 256 g/mol. The molecule has 0 aromatic heterocycles. The summed E-state index contributed by atoms with van der Waals surface area (Å²) < 4.78 is 9.85. The Hall–Kier alpha value is -2.10. The van der Waals surface area contributed by atoms with E-state index in [2.05, 4.69) is 20.4 Å². The standard InChI is InChI=1S/C16H20O4/c1-4-12(3)13-6-8-14(9-7-13)20-16(18)10-11-19-15(17)5-2/h5-9,12H,2,4,10-11H2,1,3H3. The first kappa shape index (κ1) is 16.0. The molecule has 0 amide bonds. The second kappa shape index (κ2) is 8.15. The highest BCUT2D eigenvalue weighted by atomic mass is 16.5. The Bertz CT molecular complexity index is 462. The van der Waals surface area contributed by atoms with Crippen molar-refractivity contribution in [3.63, 3.8) is 0 Å². The van der Waals surface area contributed by atoms with E-state index in [0.717, 1.165) is 12.5 Å². The minimum atomic E-state index is -0.546. The van der Waals surface area contributed by atoms with Gasteiger partial charge in [0.05, 0.1) is 6.42 Å². The van der Waals surface area contributed by atoms with Gasteiger partial charge in [0, 0.05) is 6.08 Å². The van der Waals surface area contributed by atoms with Gasteiger partial charge in [-0.05, 0) is 30.0 Å². The molecule has 0 spiro atoms. The number of esters is 2. The van der Waals surface area contributed by atoms with Gasteiger partial charge in [0.25, 0.3) is 0 Å². The predicted molar refractivity (Wildman–Crippen MR) is 76.6 cm³/mol. The van der Waals surface area contributed by atoms with Crippen LogP contribution in [-0.4, -0.2) is 18.5 Å². The van der Waals surface area contributed by atoms with Gasteiger partial charge in [-0.25, -0.2) is 4.79 Å². The number of ether oxygens (including phenoxy) is 2. The van der Waals surface area contributed by atoms with Crippen LogP contribution in [0.25, 0.3) is 0 Å². The van der Waals surface area contributed by atoms with Gasteiger partial charge in [-0.2, -0.15) is 0 Å². The maximum Gasteiger partial charge on any atom is 0.330 e. The summed E-state index contributed by atoms with van der Waals surface area (Å²) in [6.45, 7) is 7.54. The van der Waals surface area contributed by atoms with E-state index in [0.29, 0.717) is 11.7 Å². The SMILES string of the molecule is C=CC(=O)OCCC(=O)Oc1ccc(C(C)CC)cc1.